The lowest BCUT2D eigenvalue weighted by Gasteiger charge is -2.46. The maximum absolute atomic E-state index is 13.3. The smallest absolute Gasteiger partial charge is 0.220 e. The largest absolute Gasteiger partial charge is 0.394 e. The van der Waals surface area contributed by atoms with Crippen LogP contribution < -0.4 is 5.32 Å². The van der Waals surface area contributed by atoms with Crippen molar-refractivity contribution in [3.8, 4) is 0 Å². The Morgan fingerprint density at radius 2 is 0.767 bits per heavy atom. The van der Waals surface area contributed by atoms with Gasteiger partial charge in [0.15, 0.2) is 12.6 Å². The van der Waals surface area contributed by atoms with Gasteiger partial charge in [0.25, 0.3) is 0 Å². The van der Waals surface area contributed by atoms with Gasteiger partial charge in [-0.15, -0.1) is 0 Å². The van der Waals surface area contributed by atoms with E-state index in [0.29, 0.717) is 12.8 Å². The number of carbonyl (C=O) groups is 1. The predicted octanol–water partition coefficient (Wildman–Crippen LogP) is 14.7. The molecule has 0 saturated carbocycles. The van der Waals surface area contributed by atoms with Gasteiger partial charge in [-0.1, -0.05) is 287 Å². The quantitative estimate of drug-likeness (QED) is 0.0204. The van der Waals surface area contributed by atoms with Crippen molar-refractivity contribution in [3.05, 3.63) is 48.6 Å². The first-order chi connectivity index (χ1) is 42.1. The van der Waals surface area contributed by atoms with E-state index in [2.05, 4.69) is 55.6 Å². The van der Waals surface area contributed by atoms with Gasteiger partial charge in [0, 0.05) is 6.42 Å². The van der Waals surface area contributed by atoms with Crippen LogP contribution in [0.15, 0.2) is 48.6 Å². The van der Waals surface area contributed by atoms with Crippen molar-refractivity contribution in [2.45, 2.75) is 383 Å². The molecule has 14 heteroatoms. The minimum absolute atomic E-state index is 0.251. The summed E-state index contributed by atoms with van der Waals surface area (Å²) in [4.78, 5) is 13.3. The predicted molar refractivity (Wildman–Crippen MR) is 351 cm³/mol. The molecule has 12 atom stereocenters. The molecule has 2 aliphatic rings. The second-order valence-electron chi connectivity index (χ2n) is 25.3. The first-order valence-electron chi connectivity index (χ1n) is 35.9. The highest BCUT2D eigenvalue weighted by molar-refractivity contribution is 5.76. The van der Waals surface area contributed by atoms with Crippen LogP contribution in [0.3, 0.4) is 0 Å². The summed E-state index contributed by atoms with van der Waals surface area (Å²) < 4.78 is 22.7. The SMILES string of the molecule is CCC/C=C/CC/C=C/CC/C=C/C(O)C(COC1OC(CO)C(OC2OC(CO)C(O)C(O)C2O)C(O)C1O)NC(=O)CCCCCCCCCCCCCCCCCCCCCCCCCCCCCCC/C=C\CCCCCCCCCC. The summed E-state index contributed by atoms with van der Waals surface area (Å²) in [5.74, 6) is -0.251. The number of carbonyl (C=O) groups excluding carboxylic acids is 1. The van der Waals surface area contributed by atoms with Crippen LogP contribution in [-0.4, -0.2) is 140 Å². The van der Waals surface area contributed by atoms with Crippen LogP contribution in [-0.2, 0) is 23.7 Å². The number of nitrogens with one attached hydrogen (secondary N) is 1. The molecule has 0 aromatic heterocycles. The van der Waals surface area contributed by atoms with Gasteiger partial charge in [0.1, 0.15) is 48.8 Å². The molecular weight excluding hydrogens is 1090 g/mol. The summed E-state index contributed by atoms with van der Waals surface area (Å²) >= 11 is 0. The number of ether oxygens (including phenoxy) is 4. The van der Waals surface area contributed by atoms with Crippen molar-refractivity contribution < 1.29 is 64.6 Å². The zero-order valence-corrected chi connectivity index (χ0v) is 54.8. The molecule has 86 heavy (non-hydrogen) atoms. The van der Waals surface area contributed by atoms with Crippen molar-refractivity contribution in [3.63, 3.8) is 0 Å². The molecule has 0 aliphatic carbocycles. The Kier molecular flexibility index (Phi) is 53.0. The van der Waals surface area contributed by atoms with E-state index in [1.807, 2.05) is 6.08 Å². The molecule has 0 aromatic carbocycles. The molecule has 12 unspecified atom stereocenters. The minimum atomic E-state index is -1.79. The van der Waals surface area contributed by atoms with Crippen LogP contribution >= 0.6 is 0 Å². The number of hydrogen-bond acceptors (Lipinski definition) is 13. The van der Waals surface area contributed by atoms with Crippen LogP contribution in [0.25, 0.3) is 0 Å². The van der Waals surface area contributed by atoms with E-state index in [-0.39, 0.29) is 18.9 Å². The maximum Gasteiger partial charge on any atom is 0.220 e. The highest BCUT2D eigenvalue weighted by atomic mass is 16.7. The second-order valence-corrected chi connectivity index (χ2v) is 25.3. The van der Waals surface area contributed by atoms with Gasteiger partial charge >= 0.3 is 0 Å². The first-order valence-corrected chi connectivity index (χ1v) is 35.9. The molecule has 2 saturated heterocycles. The van der Waals surface area contributed by atoms with Gasteiger partial charge in [-0.25, -0.2) is 0 Å². The fourth-order valence-corrected chi connectivity index (χ4v) is 11.7. The monoisotopic (exact) mass is 1220 g/mol. The number of allylic oxidation sites excluding steroid dienone is 7. The van der Waals surface area contributed by atoms with Crippen molar-refractivity contribution in [2.24, 2.45) is 0 Å². The molecule has 0 bridgehead atoms. The molecule has 2 rings (SSSR count). The van der Waals surface area contributed by atoms with Crippen LogP contribution in [0.4, 0.5) is 0 Å². The van der Waals surface area contributed by atoms with Crippen LogP contribution in [0, 0.1) is 0 Å². The molecule has 9 N–H and O–H groups in total. The molecule has 504 valence electrons. The third-order valence-corrected chi connectivity index (χ3v) is 17.4. The van der Waals surface area contributed by atoms with Crippen molar-refractivity contribution in [1.82, 2.24) is 5.32 Å². The summed E-state index contributed by atoms with van der Waals surface area (Å²) in [6.45, 7) is 2.71. The number of hydrogen-bond donors (Lipinski definition) is 9. The number of amides is 1. The van der Waals surface area contributed by atoms with Gasteiger partial charge in [-0.2, -0.15) is 0 Å². The Morgan fingerprint density at radius 3 is 1.19 bits per heavy atom. The third kappa shape index (κ3) is 40.6. The van der Waals surface area contributed by atoms with E-state index >= 15 is 0 Å². The Hall–Kier alpha value is -2.05. The molecule has 2 fully saturated rings. The lowest BCUT2D eigenvalue weighted by atomic mass is 9.97. The molecule has 1 amide bonds. The van der Waals surface area contributed by atoms with Gasteiger partial charge in [0.05, 0.1) is 32.0 Å². The zero-order chi connectivity index (χ0) is 62.3. The average Bonchev–Trinajstić information content (AvgIpc) is 2.16. The molecule has 2 aliphatic heterocycles. The van der Waals surface area contributed by atoms with E-state index in [1.54, 1.807) is 6.08 Å². The summed E-state index contributed by atoms with van der Waals surface area (Å²) in [5.41, 5.74) is 0. The molecule has 2 heterocycles. The second kappa shape index (κ2) is 56.9. The van der Waals surface area contributed by atoms with E-state index < -0.39 is 86.8 Å². The average molecular weight is 1220 g/mol. The fourth-order valence-electron chi connectivity index (χ4n) is 11.7. The Morgan fingerprint density at radius 1 is 0.407 bits per heavy atom. The number of aliphatic hydroxyl groups excluding tert-OH is 8. The topological polar surface area (TPSA) is 228 Å². The first kappa shape index (κ1) is 80.0. The van der Waals surface area contributed by atoms with Crippen molar-refractivity contribution in [2.75, 3.05) is 19.8 Å². The lowest BCUT2D eigenvalue weighted by molar-refractivity contribution is -0.359. The lowest BCUT2D eigenvalue weighted by Crippen LogP contribution is -2.65. The summed E-state index contributed by atoms with van der Waals surface area (Å²) in [5, 5.41) is 87.0. The van der Waals surface area contributed by atoms with E-state index in [1.165, 1.54) is 225 Å². The summed E-state index contributed by atoms with van der Waals surface area (Å²) in [6.07, 6.45) is 58.1. The highest BCUT2D eigenvalue weighted by Crippen LogP contribution is 2.30. The summed E-state index contributed by atoms with van der Waals surface area (Å²) in [7, 11) is 0. The third-order valence-electron chi connectivity index (χ3n) is 17.4. The van der Waals surface area contributed by atoms with Crippen LogP contribution in [0.2, 0.25) is 0 Å². The summed E-state index contributed by atoms with van der Waals surface area (Å²) in [6, 6.07) is -0.936. The van der Waals surface area contributed by atoms with Crippen molar-refractivity contribution >= 4 is 5.91 Å². The Balaban J connectivity index is 1.51. The fraction of sp³-hybridized carbons (Fsp3) is 0.875. The van der Waals surface area contributed by atoms with Crippen LogP contribution in [0.1, 0.15) is 309 Å². The normalized spacial score (nSPS) is 23.7. The van der Waals surface area contributed by atoms with Gasteiger partial charge in [-0.05, 0) is 64.2 Å². The molecule has 14 nitrogen and oxygen atoms in total. The Bertz CT molecular complexity index is 1630. The van der Waals surface area contributed by atoms with E-state index in [0.717, 1.165) is 51.4 Å². The highest BCUT2D eigenvalue weighted by Gasteiger charge is 2.51. The minimum Gasteiger partial charge on any atom is -0.394 e. The molecular formula is C72H133NO13. The van der Waals surface area contributed by atoms with Gasteiger partial charge < -0.3 is 65.1 Å². The van der Waals surface area contributed by atoms with E-state index in [4.69, 9.17) is 18.9 Å². The van der Waals surface area contributed by atoms with Crippen molar-refractivity contribution in [1.29, 1.82) is 0 Å². The van der Waals surface area contributed by atoms with E-state index in [9.17, 15) is 45.6 Å². The number of aliphatic hydroxyl groups is 8. The molecule has 0 spiro atoms. The maximum atomic E-state index is 13.3. The molecule has 0 aromatic rings. The molecule has 0 radical (unpaired) electrons. The van der Waals surface area contributed by atoms with Gasteiger partial charge in [0.2, 0.25) is 5.91 Å². The zero-order valence-electron chi connectivity index (χ0n) is 54.8. The van der Waals surface area contributed by atoms with Crippen LogP contribution in [0.5, 0.6) is 0 Å². The van der Waals surface area contributed by atoms with Gasteiger partial charge in [-0.3, -0.25) is 4.79 Å². The standard InChI is InChI=1S/C72H133NO13/c1-3-5-7-9-11-13-15-16-17-18-19-20-21-22-23-24-25-26-27-28-29-30-31-32-33-34-35-36-37-38-39-40-41-42-43-44-46-48-50-52-54-56-64(77)73-60(61(76)55-53-51-49-47-45-14-12-10-8-6-4-2)59-83-71-69(82)67(80)70(63(58-75)85-71)86-72-68(81)66(79)65(78)62(57-74)84-72/h8,10,18-19,45,47,53,55,60-63,65-72,74-76,78-82H,3-7,9,11-17,20-44,46,48-52,54,56-59H2,1-2H3,(H,73,77)/b10-8+,19-18-,47-45+,55-53+. The number of rotatable bonds is 59. The number of unbranched alkanes of at least 4 members (excludes halogenated alkanes) is 40. The Labute approximate surface area is 524 Å².